The Morgan fingerprint density at radius 3 is 2.53 bits per heavy atom. The maximum atomic E-state index is 12.5. The average molecular weight is 451 g/mol. The van der Waals surface area contributed by atoms with E-state index in [2.05, 4.69) is 4.72 Å². The van der Waals surface area contributed by atoms with Gasteiger partial charge in [0.2, 0.25) is 10.0 Å². The second-order valence-corrected chi connectivity index (χ2v) is 8.66. The quantitative estimate of drug-likeness (QED) is 0.535. The maximum Gasteiger partial charge on any atom is 0.340 e. The van der Waals surface area contributed by atoms with Gasteiger partial charge < -0.3 is 14.1 Å². The minimum absolute atomic E-state index is 0.0729. The monoisotopic (exact) mass is 450 g/mol. The second kappa shape index (κ2) is 8.47. The number of hydrogen-bond donors (Lipinski definition) is 1. The molecule has 1 aliphatic rings. The van der Waals surface area contributed by atoms with E-state index in [1.165, 1.54) is 42.4 Å². The van der Waals surface area contributed by atoms with Crippen LogP contribution in [0.25, 0.3) is 6.08 Å². The van der Waals surface area contributed by atoms with Crippen LogP contribution >= 0.6 is 11.6 Å². The summed E-state index contributed by atoms with van der Waals surface area (Å²) in [5.41, 5.74) is 0.775. The van der Waals surface area contributed by atoms with Gasteiger partial charge in [-0.15, -0.1) is 0 Å². The van der Waals surface area contributed by atoms with E-state index in [0.717, 1.165) is 0 Å². The third-order valence-corrected chi connectivity index (χ3v) is 6.26. The Kier molecular flexibility index (Phi) is 6.16. The van der Waals surface area contributed by atoms with Gasteiger partial charge in [-0.1, -0.05) is 11.6 Å². The molecule has 0 fully saturated rings. The van der Waals surface area contributed by atoms with Crippen LogP contribution < -0.4 is 4.72 Å². The lowest BCUT2D eigenvalue weighted by Crippen LogP contribution is -2.22. The molecule has 2 heterocycles. The summed E-state index contributed by atoms with van der Waals surface area (Å²) in [4.78, 5) is 26.0. The van der Waals surface area contributed by atoms with Crippen LogP contribution in [0.4, 0.5) is 0 Å². The van der Waals surface area contributed by atoms with Crippen LogP contribution in [0.15, 0.2) is 62.6 Å². The van der Waals surface area contributed by atoms with Gasteiger partial charge in [-0.05, 0) is 49.4 Å². The molecule has 0 spiro atoms. The summed E-state index contributed by atoms with van der Waals surface area (Å²) in [6.07, 6.45) is 1.43. The topological polar surface area (TPSA) is 106 Å². The van der Waals surface area contributed by atoms with Crippen molar-refractivity contribution in [1.29, 1.82) is 0 Å². The van der Waals surface area contributed by atoms with Gasteiger partial charge >= 0.3 is 5.97 Å². The van der Waals surface area contributed by atoms with E-state index in [-0.39, 0.29) is 28.5 Å². The molecule has 0 radical (unpaired) electrons. The highest BCUT2D eigenvalue weighted by Crippen LogP contribution is 2.30. The number of allylic oxidation sites excluding steroid dienone is 1. The molecule has 0 bridgehead atoms. The van der Waals surface area contributed by atoms with E-state index in [9.17, 15) is 18.0 Å². The number of carbonyl (C=O) groups excluding carboxylic acids is 2. The second-order valence-electron chi connectivity index (χ2n) is 6.46. The molecule has 1 amide bonds. The van der Waals surface area contributed by atoms with Crippen LogP contribution in [-0.4, -0.2) is 39.4 Å². The van der Waals surface area contributed by atoms with E-state index >= 15 is 0 Å². The van der Waals surface area contributed by atoms with Gasteiger partial charge in [0.25, 0.3) is 5.91 Å². The molecule has 0 atom stereocenters. The van der Waals surface area contributed by atoms with Crippen molar-refractivity contribution < 1.29 is 27.2 Å². The number of benzene rings is 1. The molecule has 3 rings (SSSR count). The summed E-state index contributed by atoms with van der Waals surface area (Å²) in [6, 6.07) is 8.92. The van der Waals surface area contributed by atoms with Crippen molar-refractivity contribution in [2.45, 2.75) is 18.4 Å². The molecule has 10 heteroatoms. The zero-order valence-corrected chi connectivity index (χ0v) is 18.0. The lowest BCUT2D eigenvalue weighted by molar-refractivity contribution is -0.136. The Balaban J connectivity index is 1.79. The van der Waals surface area contributed by atoms with Gasteiger partial charge in [-0.25, -0.2) is 17.9 Å². The van der Waals surface area contributed by atoms with Gasteiger partial charge in [-0.3, -0.25) is 4.79 Å². The first kappa shape index (κ1) is 21.8. The molecule has 30 heavy (non-hydrogen) atoms. The number of hydrogen-bond acceptors (Lipinski definition) is 6. The number of sulfonamides is 1. The Morgan fingerprint density at radius 1 is 1.23 bits per heavy atom. The Hall–Kier alpha value is -2.88. The van der Waals surface area contributed by atoms with E-state index in [1.807, 2.05) is 0 Å². The van der Waals surface area contributed by atoms with Crippen molar-refractivity contribution in [2.24, 2.45) is 0 Å². The highest BCUT2D eigenvalue weighted by molar-refractivity contribution is 7.89. The summed E-state index contributed by atoms with van der Waals surface area (Å²) in [6.45, 7) is 1.55. The van der Waals surface area contributed by atoms with Gasteiger partial charge in [0.05, 0.1) is 29.7 Å². The fourth-order valence-corrected chi connectivity index (χ4v) is 3.99. The summed E-state index contributed by atoms with van der Waals surface area (Å²) >= 11 is 5.78. The number of rotatable bonds is 6. The standard InChI is InChI=1S/C20H19ClN2O6S/c1-12-18(20(25)28-3)17(19(24)23(12)2)10-14-6-7-15(29-14)11-22-30(26,27)16-8-4-13(21)5-9-16/h4-10,22H,11H2,1-3H3/b17-10+. The number of methoxy groups -OCH3 is 1. The van der Waals surface area contributed by atoms with E-state index in [0.29, 0.717) is 22.2 Å². The lowest BCUT2D eigenvalue weighted by Gasteiger charge is -2.08. The first-order chi connectivity index (χ1) is 14.1. The lowest BCUT2D eigenvalue weighted by atomic mass is 10.1. The van der Waals surface area contributed by atoms with Crippen molar-refractivity contribution >= 4 is 39.6 Å². The molecule has 1 N–H and O–H groups in total. The van der Waals surface area contributed by atoms with Gasteiger partial charge in [0, 0.05) is 17.8 Å². The number of carbonyl (C=O) groups is 2. The van der Waals surface area contributed by atoms with Crippen LogP contribution in [0.2, 0.25) is 5.02 Å². The predicted molar refractivity (Wildman–Crippen MR) is 110 cm³/mol. The third kappa shape index (κ3) is 4.33. The van der Waals surface area contributed by atoms with Crippen molar-refractivity contribution in [3.63, 3.8) is 0 Å². The molecule has 158 valence electrons. The number of furan rings is 1. The summed E-state index contributed by atoms with van der Waals surface area (Å²) in [5.74, 6) is -0.365. The highest BCUT2D eigenvalue weighted by atomic mass is 35.5. The molecular weight excluding hydrogens is 432 g/mol. The number of halogens is 1. The number of ether oxygens (including phenoxy) is 1. The largest absolute Gasteiger partial charge is 0.465 e. The van der Waals surface area contributed by atoms with Crippen molar-refractivity contribution in [1.82, 2.24) is 9.62 Å². The zero-order valence-electron chi connectivity index (χ0n) is 16.4. The van der Waals surface area contributed by atoms with E-state index in [1.54, 1.807) is 26.1 Å². The molecule has 1 aliphatic heterocycles. The summed E-state index contributed by atoms with van der Waals surface area (Å²) in [5, 5.41) is 0.431. The highest BCUT2D eigenvalue weighted by Gasteiger charge is 2.35. The summed E-state index contributed by atoms with van der Waals surface area (Å²) in [7, 11) is -0.956. The summed E-state index contributed by atoms with van der Waals surface area (Å²) < 4.78 is 37.5. The minimum atomic E-state index is -3.75. The van der Waals surface area contributed by atoms with Crippen LogP contribution in [0.5, 0.6) is 0 Å². The molecule has 1 aromatic carbocycles. The van der Waals surface area contributed by atoms with Crippen LogP contribution in [0.3, 0.4) is 0 Å². The number of likely N-dealkylation sites (N-methyl/N-ethyl adjacent to an activating group) is 1. The maximum absolute atomic E-state index is 12.5. The first-order valence-corrected chi connectivity index (χ1v) is 10.6. The van der Waals surface area contributed by atoms with Gasteiger partial charge in [-0.2, -0.15) is 0 Å². The molecule has 0 saturated heterocycles. The number of nitrogens with zero attached hydrogens (tertiary/aromatic N) is 1. The molecule has 1 aromatic heterocycles. The SMILES string of the molecule is COC(=O)C1=C(C)N(C)C(=O)/C1=C/c1ccc(CNS(=O)(=O)c2ccc(Cl)cc2)o1. The van der Waals surface area contributed by atoms with E-state index < -0.39 is 16.0 Å². The van der Waals surface area contributed by atoms with Crippen molar-refractivity contribution in [3.05, 3.63) is 69.8 Å². The van der Waals surface area contributed by atoms with Crippen LogP contribution in [0.1, 0.15) is 18.4 Å². The van der Waals surface area contributed by atoms with Gasteiger partial charge in [0.1, 0.15) is 11.5 Å². The first-order valence-electron chi connectivity index (χ1n) is 8.77. The van der Waals surface area contributed by atoms with E-state index in [4.69, 9.17) is 20.8 Å². The fourth-order valence-electron chi connectivity index (χ4n) is 2.87. The third-order valence-electron chi connectivity index (χ3n) is 4.59. The normalized spacial score (nSPS) is 15.9. The van der Waals surface area contributed by atoms with Crippen LogP contribution in [-0.2, 0) is 30.9 Å². The molecule has 0 aliphatic carbocycles. The number of amides is 1. The molecule has 8 nitrogen and oxygen atoms in total. The van der Waals surface area contributed by atoms with Crippen molar-refractivity contribution in [2.75, 3.05) is 14.2 Å². The smallest absolute Gasteiger partial charge is 0.340 e. The number of esters is 1. The molecular formula is C20H19ClN2O6S. The zero-order chi connectivity index (χ0) is 22.1. The fraction of sp³-hybridized carbons (Fsp3) is 0.200. The number of nitrogens with one attached hydrogen (secondary N) is 1. The average Bonchev–Trinajstić information content (AvgIpc) is 3.25. The van der Waals surface area contributed by atoms with Crippen LogP contribution in [0, 0.1) is 0 Å². The predicted octanol–water partition coefficient (Wildman–Crippen LogP) is 2.71. The molecule has 2 aromatic rings. The Bertz CT molecular complexity index is 1160. The van der Waals surface area contributed by atoms with Crippen molar-refractivity contribution in [3.8, 4) is 0 Å². The Labute approximate surface area is 178 Å². The van der Waals surface area contributed by atoms with Gasteiger partial charge in [0.15, 0.2) is 0 Å². The Morgan fingerprint density at radius 2 is 1.90 bits per heavy atom. The molecule has 0 saturated carbocycles. The minimum Gasteiger partial charge on any atom is -0.465 e. The molecule has 0 unspecified atom stereocenters.